The van der Waals surface area contributed by atoms with Crippen molar-refractivity contribution in [2.45, 2.75) is 0 Å². The molecule has 2 aromatic rings. The van der Waals surface area contributed by atoms with E-state index in [1.165, 1.54) is 7.11 Å². The molecular weight excluding hydrogens is 278 g/mol. The molecule has 0 aliphatic carbocycles. The number of hydrogen-bond donors (Lipinski definition) is 1. The van der Waals surface area contributed by atoms with Crippen molar-refractivity contribution < 1.29 is 14.3 Å². The van der Waals surface area contributed by atoms with Crippen molar-refractivity contribution in [2.24, 2.45) is 0 Å². The molecule has 0 spiro atoms. The molecule has 2 aromatic carbocycles. The molecule has 0 saturated heterocycles. The van der Waals surface area contributed by atoms with Gasteiger partial charge in [-0.2, -0.15) is 0 Å². The van der Waals surface area contributed by atoms with Crippen LogP contribution < -0.4 is 14.8 Å². The van der Waals surface area contributed by atoms with Gasteiger partial charge in [-0.15, -0.1) is 0 Å². The van der Waals surface area contributed by atoms with Crippen molar-refractivity contribution in [1.82, 2.24) is 0 Å². The van der Waals surface area contributed by atoms with Gasteiger partial charge < -0.3 is 14.8 Å². The Morgan fingerprint density at radius 1 is 1.10 bits per heavy atom. The summed E-state index contributed by atoms with van der Waals surface area (Å²) in [5.41, 5.74) is 0.963. The first kappa shape index (κ1) is 14.2. The van der Waals surface area contributed by atoms with Gasteiger partial charge in [-0.3, -0.25) is 4.79 Å². The van der Waals surface area contributed by atoms with Crippen molar-refractivity contribution in [3.05, 3.63) is 53.1 Å². The number of carbonyl (C=O) groups excluding carboxylic acids is 1. The summed E-state index contributed by atoms with van der Waals surface area (Å²) >= 11 is 6.01. The molecule has 0 radical (unpaired) electrons. The highest BCUT2D eigenvalue weighted by atomic mass is 35.5. The Balaban J connectivity index is 2.27. The maximum Gasteiger partial charge on any atom is 0.259 e. The minimum atomic E-state index is -0.294. The van der Waals surface area contributed by atoms with Gasteiger partial charge in [0.2, 0.25) is 0 Å². The minimum Gasteiger partial charge on any atom is -0.497 e. The lowest BCUT2D eigenvalue weighted by atomic mass is 10.1. The second-order valence-corrected chi connectivity index (χ2v) is 4.41. The molecule has 20 heavy (non-hydrogen) atoms. The lowest BCUT2D eigenvalue weighted by Crippen LogP contribution is -2.13. The van der Waals surface area contributed by atoms with Crippen LogP contribution in [0.5, 0.6) is 11.5 Å². The van der Waals surface area contributed by atoms with E-state index in [1.54, 1.807) is 49.6 Å². The number of benzene rings is 2. The van der Waals surface area contributed by atoms with Crippen molar-refractivity contribution in [3.8, 4) is 11.5 Å². The van der Waals surface area contributed by atoms with E-state index in [0.717, 1.165) is 0 Å². The molecule has 0 saturated carbocycles. The van der Waals surface area contributed by atoms with Gasteiger partial charge in [0, 0.05) is 6.07 Å². The highest BCUT2D eigenvalue weighted by Gasteiger charge is 2.14. The van der Waals surface area contributed by atoms with Gasteiger partial charge >= 0.3 is 0 Å². The fourth-order valence-corrected chi connectivity index (χ4v) is 1.92. The molecule has 104 valence electrons. The topological polar surface area (TPSA) is 47.6 Å². The van der Waals surface area contributed by atoms with E-state index in [2.05, 4.69) is 5.32 Å². The second-order valence-electron chi connectivity index (χ2n) is 4.00. The van der Waals surface area contributed by atoms with Crippen LogP contribution in [0.1, 0.15) is 10.4 Å². The fraction of sp³-hybridized carbons (Fsp3) is 0.133. The maximum absolute atomic E-state index is 12.3. The van der Waals surface area contributed by atoms with Crippen LogP contribution in [0.2, 0.25) is 5.02 Å². The molecule has 0 aliphatic rings. The average molecular weight is 292 g/mol. The lowest BCUT2D eigenvalue weighted by molar-refractivity contribution is 0.102. The molecule has 0 heterocycles. The number of rotatable bonds is 4. The van der Waals surface area contributed by atoms with Crippen LogP contribution >= 0.6 is 11.6 Å². The molecule has 0 aromatic heterocycles. The predicted octanol–water partition coefficient (Wildman–Crippen LogP) is 3.61. The van der Waals surface area contributed by atoms with E-state index in [1.807, 2.05) is 0 Å². The Morgan fingerprint density at radius 2 is 1.85 bits per heavy atom. The van der Waals surface area contributed by atoms with Gasteiger partial charge in [-0.05, 0) is 24.3 Å². The Labute approximate surface area is 122 Å². The molecule has 4 nitrogen and oxygen atoms in total. The van der Waals surface area contributed by atoms with Crippen LogP contribution in [-0.4, -0.2) is 20.1 Å². The summed E-state index contributed by atoms with van der Waals surface area (Å²) in [6.07, 6.45) is 0. The number of hydrogen-bond acceptors (Lipinski definition) is 3. The number of halogens is 1. The van der Waals surface area contributed by atoms with E-state index in [-0.39, 0.29) is 5.91 Å². The summed E-state index contributed by atoms with van der Waals surface area (Å²) < 4.78 is 10.3. The highest BCUT2D eigenvalue weighted by molar-refractivity contribution is 6.33. The predicted molar refractivity (Wildman–Crippen MR) is 79.0 cm³/mol. The lowest BCUT2D eigenvalue weighted by Gasteiger charge is -2.11. The van der Waals surface area contributed by atoms with Gasteiger partial charge in [-0.1, -0.05) is 23.7 Å². The van der Waals surface area contributed by atoms with E-state index >= 15 is 0 Å². The molecule has 0 atom stereocenters. The largest absolute Gasteiger partial charge is 0.497 e. The third-order valence-corrected chi connectivity index (χ3v) is 3.10. The number of nitrogens with one attached hydrogen (secondary N) is 1. The molecule has 1 amide bonds. The van der Waals surface area contributed by atoms with Crippen LogP contribution in [-0.2, 0) is 0 Å². The summed E-state index contributed by atoms with van der Waals surface area (Å²) in [6, 6.07) is 12.0. The average Bonchev–Trinajstić information content (AvgIpc) is 2.48. The first-order valence-electron chi connectivity index (χ1n) is 5.93. The quantitative estimate of drug-likeness (QED) is 0.936. The second kappa shape index (κ2) is 6.30. The fourth-order valence-electron chi connectivity index (χ4n) is 1.74. The summed E-state index contributed by atoms with van der Waals surface area (Å²) in [5, 5.41) is 3.23. The van der Waals surface area contributed by atoms with Crippen LogP contribution in [0.3, 0.4) is 0 Å². The Kier molecular flexibility index (Phi) is 4.48. The third-order valence-electron chi connectivity index (χ3n) is 2.78. The van der Waals surface area contributed by atoms with Crippen molar-refractivity contribution in [2.75, 3.05) is 19.5 Å². The van der Waals surface area contributed by atoms with Crippen molar-refractivity contribution in [3.63, 3.8) is 0 Å². The van der Waals surface area contributed by atoms with Crippen LogP contribution in [0, 0.1) is 0 Å². The first-order valence-corrected chi connectivity index (χ1v) is 6.31. The molecule has 1 N–H and O–H groups in total. The zero-order valence-corrected chi connectivity index (χ0v) is 11.9. The van der Waals surface area contributed by atoms with E-state index in [9.17, 15) is 4.79 Å². The molecule has 5 heteroatoms. The first-order chi connectivity index (χ1) is 9.65. The van der Waals surface area contributed by atoms with Gasteiger partial charge in [0.15, 0.2) is 0 Å². The van der Waals surface area contributed by atoms with E-state index in [0.29, 0.717) is 27.8 Å². The maximum atomic E-state index is 12.3. The summed E-state index contributed by atoms with van der Waals surface area (Å²) in [7, 11) is 3.05. The molecule has 0 bridgehead atoms. The van der Waals surface area contributed by atoms with Gasteiger partial charge in [-0.25, -0.2) is 0 Å². The zero-order chi connectivity index (χ0) is 14.5. The van der Waals surface area contributed by atoms with Crippen LogP contribution in [0.15, 0.2) is 42.5 Å². The van der Waals surface area contributed by atoms with Gasteiger partial charge in [0.1, 0.15) is 11.5 Å². The number of carbonyl (C=O) groups is 1. The number of para-hydroxylation sites is 1. The molecule has 0 aliphatic heterocycles. The number of anilines is 1. The van der Waals surface area contributed by atoms with E-state index < -0.39 is 0 Å². The van der Waals surface area contributed by atoms with Crippen LogP contribution in [0.4, 0.5) is 5.69 Å². The molecule has 0 fully saturated rings. The molecular formula is C15H14ClNO3. The van der Waals surface area contributed by atoms with E-state index in [4.69, 9.17) is 21.1 Å². The zero-order valence-electron chi connectivity index (χ0n) is 11.1. The summed E-state index contributed by atoms with van der Waals surface area (Å²) in [5.74, 6) is 0.766. The molecule has 0 unspecified atom stereocenters. The Morgan fingerprint density at radius 3 is 2.50 bits per heavy atom. The standard InChI is InChI=1S/C15H14ClNO3/c1-19-10-7-8-11(14(9-10)20-2)15(18)17-13-6-4-3-5-12(13)16/h3-9H,1-2H3,(H,17,18). The van der Waals surface area contributed by atoms with Gasteiger partial charge in [0.05, 0.1) is 30.5 Å². The highest BCUT2D eigenvalue weighted by Crippen LogP contribution is 2.27. The van der Waals surface area contributed by atoms with Gasteiger partial charge in [0.25, 0.3) is 5.91 Å². The monoisotopic (exact) mass is 291 g/mol. The molecule has 2 rings (SSSR count). The summed E-state index contributed by atoms with van der Waals surface area (Å²) in [4.78, 5) is 12.3. The Bertz CT molecular complexity index is 628. The number of ether oxygens (including phenoxy) is 2. The number of amides is 1. The Hall–Kier alpha value is -2.20. The SMILES string of the molecule is COc1ccc(C(=O)Nc2ccccc2Cl)c(OC)c1. The summed E-state index contributed by atoms with van der Waals surface area (Å²) in [6.45, 7) is 0. The van der Waals surface area contributed by atoms with Crippen molar-refractivity contribution >= 4 is 23.2 Å². The minimum absolute atomic E-state index is 0.294. The van der Waals surface area contributed by atoms with Crippen LogP contribution in [0.25, 0.3) is 0 Å². The smallest absolute Gasteiger partial charge is 0.259 e. The van der Waals surface area contributed by atoms with Crippen molar-refractivity contribution in [1.29, 1.82) is 0 Å². The third kappa shape index (κ3) is 3.03. The normalized spacial score (nSPS) is 9.95. The number of methoxy groups -OCH3 is 2.